The molecule has 1 amide bonds. The van der Waals surface area contributed by atoms with E-state index in [1.807, 2.05) is 6.07 Å². The summed E-state index contributed by atoms with van der Waals surface area (Å²) < 4.78 is 13.9. The van der Waals surface area contributed by atoms with Crippen LogP contribution in [0.15, 0.2) is 48.5 Å². The van der Waals surface area contributed by atoms with Gasteiger partial charge in [-0.1, -0.05) is 44.2 Å². The van der Waals surface area contributed by atoms with E-state index in [0.29, 0.717) is 29.2 Å². The van der Waals surface area contributed by atoms with E-state index in [4.69, 9.17) is 0 Å². The summed E-state index contributed by atoms with van der Waals surface area (Å²) in [6, 6.07) is 13.7. The van der Waals surface area contributed by atoms with Gasteiger partial charge in [0.25, 0.3) is 5.91 Å². The third kappa shape index (κ3) is 4.90. The normalized spacial score (nSPS) is 12.2. The second-order valence-corrected chi connectivity index (χ2v) is 6.23. The zero-order valence-corrected chi connectivity index (χ0v) is 14.6. The third-order valence-corrected chi connectivity index (χ3v) is 4.08. The first-order valence-corrected chi connectivity index (χ1v) is 8.33. The van der Waals surface area contributed by atoms with Gasteiger partial charge in [-0.2, -0.15) is 0 Å². The molecule has 0 bridgehead atoms. The Bertz CT molecular complexity index is 687. The highest BCUT2D eigenvalue weighted by Gasteiger charge is 2.11. The first-order chi connectivity index (χ1) is 11.5. The summed E-state index contributed by atoms with van der Waals surface area (Å²) in [6.45, 7) is 6.77. The quantitative estimate of drug-likeness (QED) is 0.838. The van der Waals surface area contributed by atoms with E-state index in [0.717, 1.165) is 13.1 Å². The van der Waals surface area contributed by atoms with Gasteiger partial charge in [0.15, 0.2) is 0 Å². The molecule has 0 saturated carbocycles. The highest BCUT2D eigenvalue weighted by Crippen LogP contribution is 2.23. The maximum atomic E-state index is 13.9. The van der Waals surface area contributed by atoms with Crippen molar-refractivity contribution in [3.63, 3.8) is 0 Å². The summed E-state index contributed by atoms with van der Waals surface area (Å²) in [5.41, 5.74) is 1.76. The standard InChI is InChI=1S/C20H25FN2O/c1-4-23(3)14-15(2)13-22-20(24)17-9-7-8-16(12-17)18-10-5-6-11-19(18)21/h5-12,15H,4,13-14H2,1-3H3,(H,22,24)/t15-/m1/s1. The van der Waals surface area contributed by atoms with Crippen LogP contribution in [0.4, 0.5) is 4.39 Å². The molecule has 2 rings (SSSR count). The minimum atomic E-state index is -0.286. The molecule has 3 nitrogen and oxygen atoms in total. The Morgan fingerprint density at radius 2 is 1.96 bits per heavy atom. The first kappa shape index (κ1) is 18.1. The molecule has 2 aromatic rings. The van der Waals surface area contributed by atoms with Gasteiger partial charge in [0.1, 0.15) is 5.82 Å². The minimum Gasteiger partial charge on any atom is -0.352 e. The number of benzene rings is 2. The Kier molecular flexibility index (Phi) is 6.50. The largest absolute Gasteiger partial charge is 0.352 e. The molecular formula is C20H25FN2O. The predicted octanol–water partition coefficient (Wildman–Crippen LogP) is 3.81. The second-order valence-electron chi connectivity index (χ2n) is 6.23. The lowest BCUT2D eigenvalue weighted by Crippen LogP contribution is -2.34. The van der Waals surface area contributed by atoms with Crippen LogP contribution in [0, 0.1) is 11.7 Å². The molecule has 0 fully saturated rings. The molecule has 0 saturated heterocycles. The Balaban J connectivity index is 2.03. The highest BCUT2D eigenvalue weighted by molar-refractivity contribution is 5.95. The van der Waals surface area contributed by atoms with Crippen molar-refractivity contribution >= 4 is 5.91 Å². The van der Waals surface area contributed by atoms with Crippen LogP contribution in [-0.2, 0) is 0 Å². The van der Waals surface area contributed by atoms with Crippen molar-refractivity contribution in [2.45, 2.75) is 13.8 Å². The lowest BCUT2D eigenvalue weighted by molar-refractivity contribution is 0.0945. The van der Waals surface area contributed by atoms with Crippen molar-refractivity contribution in [1.29, 1.82) is 0 Å². The van der Waals surface area contributed by atoms with Gasteiger partial charge in [0.2, 0.25) is 0 Å². The number of hydrogen-bond acceptors (Lipinski definition) is 2. The van der Waals surface area contributed by atoms with Crippen LogP contribution >= 0.6 is 0 Å². The first-order valence-electron chi connectivity index (χ1n) is 8.33. The van der Waals surface area contributed by atoms with Crippen LogP contribution in [0.3, 0.4) is 0 Å². The molecular weight excluding hydrogens is 303 g/mol. The van der Waals surface area contributed by atoms with Gasteiger partial charge in [0, 0.05) is 24.2 Å². The molecule has 1 atom stereocenters. The smallest absolute Gasteiger partial charge is 0.251 e. The molecule has 24 heavy (non-hydrogen) atoms. The van der Waals surface area contributed by atoms with Crippen molar-refractivity contribution in [2.75, 3.05) is 26.7 Å². The zero-order valence-electron chi connectivity index (χ0n) is 14.6. The molecule has 0 aliphatic rings. The number of nitrogens with one attached hydrogen (secondary N) is 1. The fraction of sp³-hybridized carbons (Fsp3) is 0.350. The Morgan fingerprint density at radius 3 is 2.67 bits per heavy atom. The number of halogens is 1. The Hall–Kier alpha value is -2.20. The lowest BCUT2D eigenvalue weighted by atomic mass is 10.0. The SMILES string of the molecule is CCN(C)C[C@H](C)CNC(=O)c1cccc(-c2ccccc2F)c1. The van der Waals surface area contributed by atoms with Crippen molar-refractivity contribution in [2.24, 2.45) is 5.92 Å². The van der Waals surface area contributed by atoms with Gasteiger partial charge in [0.05, 0.1) is 0 Å². The van der Waals surface area contributed by atoms with Crippen LogP contribution in [0.1, 0.15) is 24.2 Å². The van der Waals surface area contributed by atoms with Gasteiger partial charge in [-0.3, -0.25) is 4.79 Å². The summed E-state index contributed by atoms with van der Waals surface area (Å²) in [7, 11) is 2.07. The van der Waals surface area contributed by atoms with Crippen LogP contribution in [0.5, 0.6) is 0 Å². The summed E-state index contributed by atoms with van der Waals surface area (Å²) in [6.07, 6.45) is 0. The van der Waals surface area contributed by atoms with E-state index >= 15 is 0 Å². The fourth-order valence-corrected chi connectivity index (χ4v) is 2.62. The maximum absolute atomic E-state index is 13.9. The van der Waals surface area contributed by atoms with Crippen LogP contribution < -0.4 is 5.32 Å². The summed E-state index contributed by atoms with van der Waals surface area (Å²) in [5.74, 6) is -0.0425. The number of amides is 1. The summed E-state index contributed by atoms with van der Waals surface area (Å²) >= 11 is 0. The number of carbonyl (C=O) groups is 1. The van der Waals surface area contributed by atoms with Gasteiger partial charge >= 0.3 is 0 Å². The topological polar surface area (TPSA) is 32.3 Å². The number of hydrogen-bond donors (Lipinski definition) is 1. The third-order valence-electron chi connectivity index (χ3n) is 4.08. The van der Waals surface area contributed by atoms with Gasteiger partial charge in [-0.15, -0.1) is 0 Å². The zero-order chi connectivity index (χ0) is 17.5. The molecule has 0 heterocycles. The van der Waals surface area contributed by atoms with Gasteiger partial charge in [-0.05, 0) is 43.3 Å². The fourth-order valence-electron chi connectivity index (χ4n) is 2.62. The number of nitrogens with zero attached hydrogens (tertiary/aromatic N) is 1. The summed E-state index contributed by atoms with van der Waals surface area (Å²) in [5, 5.41) is 2.96. The van der Waals surface area contributed by atoms with Crippen LogP contribution in [0.2, 0.25) is 0 Å². The molecule has 2 aromatic carbocycles. The molecule has 0 radical (unpaired) electrons. The average Bonchev–Trinajstić information content (AvgIpc) is 2.60. The Morgan fingerprint density at radius 1 is 1.21 bits per heavy atom. The van der Waals surface area contributed by atoms with Crippen molar-refractivity contribution in [3.8, 4) is 11.1 Å². The minimum absolute atomic E-state index is 0.126. The van der Waals surface area contributed by atoms with E-state index in [9.17, 15) is 9.18 Å². The molecule has 1 N–H and O–H groups in total. The molecule has 0 aromatic heterocycles. The lowest BCUT2D eigenvalue weighted by Gasteiger charge is -2.20. The highest BCUT2D eigenvalue weighted by atomic mass is 19.1. The van der Waals surface area contributed by atoms with Crippen molar-refractivity contribution in [3.05, 3.63) is 59.9 Å². The molecule has 4 heteroatoms. The number of rotatable bonds is 7. The molecule has 0 spiro atoms. The maximum Gasteiger partial charge on any atom is 0.251 e. The van der Waals surface area contributed by atoms with Gasteiger partial charge < -0.3 is 10.2 Å². The van der Waals surface area contributed by atoms with E-state index in [2.05, 4.69) is 31.1 Å². The molecule has 0 aliphatic heterocycles. The van der Waals surface area contributed by atoms with E-state index in [1.165, 1.54) is 6.07 Å². The summed E-state index contributed by atoms with van der Waals surface area (Å²) in [4.78, 5) is 14.6. The van der Waals surface area contributed by atoms with E-state index < -0.39 is 0 Å². The van der Waals surface area contributed by atoms with Crippen LogP contribution in [-0.4, -0.2) is 37.5 Å². The molecule has 0 aliphatic carbocycles. The van der Waals surface area contributed by atoms with Gasteiger partial charge in [-0.25, -0.2) is 4.39 Å². The van der Waals surface area contributed by atoms with Crippen LogP contribution in [0.25, 0.3) is 11.1 Å². The van der Waals surface area contributed by atoms with E-state index in [1.54, 1.807) is 36.4 Å². The molecule has 0 unspecified atom stereocenters. The average molecular weight is 328 g/mol. The monoisotopic (exact) mass is 328 g/mol. The molecule has 128 valence electrons. The van der Waals surface area contributed by atoms with Crippen molar-refractivity contribution < 1.29 is 9.18 Å². The van der Waals surface area contributed by atoms with E-state index in [-0.39, 0.29) is 11.7 Å². The Labute approximate surface area is 143 Å². The number of carbonyl (C=O) groups excluding carboxylic acids is 1. The van der Waals surface area contributed by atoms with Crippen molar-refractivity contribution in [1.82, 2.24) is 10.2 Å². The second kappa shape index (κ2) is 8.60. The predicted molar refractivity (Wildman–Crippen MR) is 96.5 cm³/mol.